The molecule has 14 unspecified atom stereocenters. The summed E-state index contributed by atoms with van der Waals surface area (Å²) in [4.78, 5) is 27.1. The van der Waals surface area contributed by atoms with E-state index in [0.29, 0.717) is 78.4 Å². The van der Waals surface area contributed by atoms with Gasteiger partial charge in [-0.05, 0) is 89.5 Å². The zero-order valence-corrected chi connectivity index (χ0v) is 40.2. The van der Waals surface area contributed by atoms with Gasteiger partial charge < -0.3 is 54.0 Å². The summed E-state index contributed by atoms with van der Waals surface area (Å²) < 4.78 is 60.4. The Labute approximate surface area is 395 Å². The molecule has 4 aliphatic carbocycles. The van der Waals surface area contributed by atoms with Gasteiger partial charge in [-0.1, -0.05) is 32.1 Å². The standard InChI is InChI=1S/C32H49NO9.C17H14O4.H2O4S/c1-6-18(3)25(35)41-24-11-12-26(4)19-8-9-20-28(37)13-23(34)31(39)21(29(28,38)16-30(20,26)42-32(19,24)40)15-33-14-17(2)7-10-22(33)27(31,5)36;1-19-12-5-3-4-11(8-12)16-10-15(18)14-7-6-13(20-2)9-17(14)21-16;1-5(2,3)4/h6,17,19-24,34,36-40H,7-16H2,1-5H3;3-10H,1-2H3;(H2,1,2,3,4). The van der Waals surface area contributed by atoms with E-state index in [4.69, 9.17) is 40.9 Å². The highest BCUT2D eigenvalue weighted by Gasteiger charge is 2.88. The number of carbonyl (C=O) groups excluding carboxylic acids is 1. The molecule has 0 amide bonds. The van der Waals surface area contributed by atoms with E-state index >= 15 is 0 Å². The Morgan fingerprint density at radius 2 is 1.53 bits per heavy atom. The molecular formula is C49H65NO17S. The fraction of sp³-hybridized carbons (Fsp3) is 0.633. The molecular weight excluding hydrogens is 907 g/mol. The molecule has 14 atom stereocenters. The lowest BCUT2D eigenvalue weighted by atomic mass is 9.49. The number of esters is 1. The Bertz CT molecular complexity index is 2650. The number of fused-ring (bicyclic) bond motifs is 6. The van der Waals surface area contributed by atoms with Gasteiger partial charge in [0, 0.05) is 78.4 Å². The second kappa shape index (κ2) is 17.1. The molecule has 3 aliphatic heterocycles. The lowest BCUT2D eigenvalue weighted by molar-refractivity contribution is -0.354. The maximum absolute atomic E-state index is 12.9. The van der Waals surface area contributed by atoms with Crippen LogP contribution in [-0.2, 0) is 24.7 Å². The van der Waals surface area contributed by atoms with E-state index in [1.807, 2.05) is 31.2 Å². The van der Waals surface area contributed by atoms with Gasteiger partial charge in [-0.15, -0.1) is 0 Å². The number of hydrogen-bond acceptors (Lipinski definition) is 16. The van der Waals surface area contributed by atoms with Gasteiger partial charge in [0.1, 0.15) is 45.2 Å². The molecule has 2 aromatic carbocycles. The summed E-state index contributed by atoms with van der Waals surface area (Å²) in [6.45, 7) is 10.1. The number of aliphatic hydroxyl groups excluding tert-OH is 1. The third-order valence-electron chi connectivity index (χ3n) is 17.3. The van der Waals surface area contributed by atoms with Gasteiger partial charge in [-0.2, -0.15) is 8.42 Å². The lowest BCUT2D eigenvalue weighted by Crippen LogP contribution is -2.85. The van der Waals surface area contributed by atoms with Crippen molar-refractivity contribution in [3.8, 4) is 22.8 Å². The number of aliphatic hydroxyl groups is 6. The van der Waals surface area contributed by atoms with Crippen molar-refractivity contribution in [3.63, 3.8) is 0 Å². The van der Waals surface area contributed by atoms with Gasteiger partial charge in [0.15, 0.2) is 11.5 Å². The third kappa shape index (κ3) is 7.54. The largest absolute Gasteiger partial charge is 0.497 e. The van der Waals surface area contributed by atoms with Crippen molar-refractivity contribution in [1.82, 2.24) is 4.90 Å². The maximum atomic E-state index is 12.9. The topological polar surface area (TPSA) is 283 Å². The Kier molecular flexibility index (Phi) is 12.7. The predicted octanol–water partition coefficient (Wildman–Crippen LogP) is 3.82. The highest BCUT2D eigenvalue weighted by molar-refractivity contribution is 7.79. The van der Waals surface area contributed by atoms with Crippen molar-refractivity contribution < 1.29 is 76.3 Å². The molecule has 4 bridgehead atoms. The van der Waals surface area contributed by atoms with Gasteiger partial charge >= 0.3 is 16.4 Å². The van der Waals surface area contributed by atoms with Crippen LogP contribution < -0.4 is 14.9 Å². The minimum atomic E-state index is -4.67. The number of benzene rings is 2. The number of hydrogen-bond donors (Lipinski definition) is 8. The molecule has 1 aromatic heterocycles. The molecule has 10 rings (SSSR count). The quantitative estimate of drug-likeness (QED) is 0.102. The van der Waals surface area contributed by atoms with Crippen LogP contribution in [-0.4, -0.2) is 138 Å². The van der Waals surface area contributed by atoms with Gasteiger partial charge in [0.25, 0.3) is 0 Å². The van der Waals surface area contributed by atoms with E-state index < -0.39 is 85.5 Å². The van der Waals surface area contributed by atoms with Gasteiger partial charge in [-0.3, -0.25) is 18.8 Å². The average molecular weight is 972 g/mol. The number of carbonyl (C=O) groups is 1. The highest BCUT2D eigenvalue weighted by Crippen LogP contribution is 2.78. The first-order chi connectivity index (χ1) is 31.7. The molecule has 7 fully saturated rings. The van der Waals surface area contributed by atoms with Gasteiger partial charge in [0.05, 0.1) is 31.3 Å². The van der Waals surface area contributed by atoms with E-state index in [-0.39, 0.29) is 30.9 Å². The van der Waals surface area contributed by atoms with Crippen LogP contribution in [0.2, 0.25) is 0 Å². The minimum absolute atomic E-state index is 0.0606. The number of allylic oxidation sites excluding steroid dienone is 1. The van der Waals surface area contributed by atoms with E-state index in [9.17, 15) is 40.2 Å². The number of rotatable bonds is 5. The number of ether oxygens (including phenoxy) is 4. The molecule has 68 heavy (non-hydrogen) atoms. The van der Waals surface area contributed by atoms with E-state index in [1.165, 1.54) is 6.07 Å². The van der Waals surface area contributed by atoms with Crippen molar-refractivity contribution in [2.24, 2.45) is 29.1 Å². The molecule has 19 heteroatoms. The van der Waals surface area contributed by atoms with Crippen LogP contribution in [0, 0.1) is 29.1 Å². The SMILES string of the molecule is CC=C(C)C(=O)OC1CCC2(C)C3CCC4C5(O)CC(O)C6(O)C(CN7CC(C)CCC7C6(C)O)C5(O)CC42OC13O.COc1cccc(-c2cc(=O)c3ccc(OC)cc3o2)c1.O=S(=O)(O)O. The van der Waals surface area contributed by atoms with Crippen molar-refractivity contribution >= 4 is 27.3 Å². The van der Waals surface area contributed by atoms with E-state index in [1.54, 1.807) is 59.3 Å². The summed E-state index contributed by atoms with van der Waals surface area (Å²) in [6.07, 6.45) is 2.30. The van der Waals surface area contributed by atoms with Gasteiger partial charge in [-0.25, -0.2) is 4.79 Å². The first kappa shape index (κ1) is 50.4. The zero-order valence-electron chi connectivity index (χ0n) is 39.4. The van der Waals surface area contributed by atoms with Gasteiger partial charge in [0.2, 0.25) is 5.79 Å². The first-order valence-corrected chi connectivity index (χ1v) is 24.6. The number of nitrogens with zero attached hydrogens (tertiary/aromatic N) is 1. The molecule has 1 spiro atoms. The maximum Gasteiger partial charge on any atom is 0.394 e. The Balaban J connectivity index is 0.000000200. The Morgan fingerprint density at radius 1 is 0.868 bits per heavy atom. The second-order valence-electron chi connectivity index (χ2n) is 20.7. The van der Waals surface area contributed by atoms with Crippen LogP contribution in [0.1, 0.15) is 86.0 Å². The van der Waals surface area contributed by atoms with Crippen molar-refractivity contribution in [2.45, 2.75) is 138 Å². The summed E-state index contributed by atoms with van der Waals surface area (Å²) in [5.74, 6) is -2.19. The molecule has 3 aromatic rings. The third-order valence-corrected chi connectivity index (χ3v) is 17.3. The Morgan fingerprint density at radius 3 is 2.19 bits per heavy atom. The molecule has 374 valence electrons. The first-order valence-electron chi connectivity index (χ1n) is 23.2. The monoisotopic (exact) mass is 971 g/mol. The van der Waals surface area contributed by atoms with Crippen molar-refractivity contribution in [1.29, 1.82) is 0 Å². The molecule has 0 radical (unpaired) electrons. The Hall–Kier alpha value is -3.99. The van der Waals surface area contributed by atoms with E-state index in [2.05, 4.69) is 11.8 Å². The number of methoxy groups -OCH3 is 2. The molecule has 4 saturated carbocycles. The summed E-state index contributed by atoms with van der Waals surface area (Å²) >= 11 is 0. The van der Waals surface area contributed by atoms with Crippen LogP contribution in [0.25, 0.3) is 22.3 Å². The molecule has 8 N–H and O–H groups in total. The molecule has 7 aliphatic rings. The highest BCUT2D eigenvalue weighted by atomic mass is 32.3. The predicted molar refractivity (Wildman–Crippen MR) is 245 cm³/mol. The summed E-state index contributed by atoms with van der Waals surface area (Å²) in [5.41, 5.74) is -7.76. The summed E-state index contributed by atoms with van der Waals surface area (Å²) in [7, 11) is -1.49. The number of piperidine rings is 2. The van der Waals surface area contributed by atoms with Crippen LogP contribution in [0.4, 0.5) is 0 Å². The van der Waals surface area contributed by atoms with Crippen LogP contribution in [0.5, 0.6) is 11.5 Å². The fourth-order valence-electron chi connectivity index (χ4n) is 14.0. The summed E-state index contributed by atoms with van der Waals surface area (Å²) in [5, 5.41) is 74.5. The second-order valence-corrected chi connectivity index (χ2v) is 21.6. The van der Waals surface area contributed by atoms with Crippen molar-refractivity contribution in [2.75, 3.05) is 27.3 Å². The van der Waals surface area contributed by atoms with E-state index in [0.717, 1.165) is 12.0 Å². The minimum Gasteiger partial charge on any atom is -0.497 e. The molecule has 4 heterocycles. The van der Waals surface area contributed by atoms with Crippen molar-refractivity contribution in [3.05, 3.63) is 70.4 Å². The summed E-state index contributed by atoms with van der Waals surface area (Å²) in [6, 6.07) is 13.6. The fourth-order valence-corrected chi connectivity index (χ4v) is 14.0. The molecule has 3 saturated heterocycles. The van der Waals surface area contributed by atoms with Crippen LogP contribution in [0.15, 0.2) is 69.4 Å². The zero-order chi connectivity index (χ0) is 49.8. The molecule has 18 nitrogen and oxygen atoms in total. The smallest absolute Gasteiger partial charge is 0.394 e. The normalized spacial score (nSPS) is 41.3. The van der Waals surface area contributed by atoms with Crippen LogP contribution >= 0.6 is 0 Å². The van der Waals surface area contributed by atoms with Crippen LogP contribution in [0.3, 0.4) is 0 Å². The lowest BCUT2D eigenvalue weighted by Gasteiger charge is -2.68. The average Bonchev–Trinajstić information content (AvgIpc) is 3.45.